The molecule has 1 saturated carbocycles. The maximum Gasteiger partial charge on any atom is 0.0499 e. The van der Waals surface area contributed by atoms with Crippen LogP contribution in [-0.2, 0) is 0 Å². The van der Waals surface area contributed by atoms with E-state index in [4.69, 9.17) is 0 Å². The molecule has 1 aliphatic carbocycles. The molecule has 2 heteroatoms. The molecule has 0 heterocycles. The standard InChI is InChI=1S/C12H23NO/c1-11(2)5-8-13-9-12(10-14)6-3-4-7-12/h5,13-14H,3-4,6-10H2,1-2H3. The zero-order valence-electron chi connectivity index (χ0n) is 9.47. The molecule has 0 aliphatic heterocycles. The van der Waals surface area contributed by atoms with Gasteiger partial charge in [0.15, 0.2) is 0 Å². The van der Waals surface area contributed by atoms with Crippen LogP contribution in [0.2, 0.25) is 0 Å². The van der Waals surface area contributed by atoms with E-state index in [1.807, 2.05) is 0 Å². The van der Waals surface area contributed by atoms with Gasteiger partial charge in [0.2, 0.25) is 0 Å². The number of allylic oxidation sites excluding steroid dienone is 1. The quantitative estimate of drug-likeness (QED) is 0.522. The van der Waals surface area contributed by atoms with Gasteiger partial charge in [0.1, 0.15) is 0 Å². The van der Waals surface area contributed by atoms with Crippen LogP contribution in [0.15, 0.2) is 11.6 Å². The lowest BCUT2D eigenvalue weighted by Crippen LogP contribution is -2.35. The predicted molar refractivity (Wildman–Crippen MR) is 60.3 cm³/mol. The Morgan fingerprint density at radius 3 is 2.50 bits per heavy atom. The molecule has 0 aromatic rings. The second-order valence-corrected chi connectivity index (χ2v) is 4.78. The Balaban J connectivity index is 2.24. The summed E-state index contributed by atoms with van der Waals surface area (Å²) < 4.78 is 0. The number of hydrogen-bond donors (Lipinski definition) is 2. The second kappa shape index (κ2) is 5.52. The molecule has 0 aromatic heterocycles. The van der Waals surface area contributed by atoms with Crippen LogP contribution < -0.4 is 5.32 Å². The molecule has 82 valence electrons. The number of aliphatic hydroxyl groups is 1. The first-order chi connectivity index (χ1) is 6.68. The van der Waals surface area contributed by atoms with E-state index in [9.17, 15) is 5.11 Å². The van der Waals surface area contributed by atoms with Crippen LogP contribution in [0.25, 0.3) is 0 Å². The van der Waals surface area contributed by atoms with Gasteiger partial charge in [-0.1, -0.05) is 24.5 Å². The number of hydrogen-bond acceptors (Lipinski definition) is 2. The Kier molecular flexibility index (Phi) is 4.63. The smallest absolute Gasteiger partial charge is 0.0499 e. The Bertz CT molecular complexity index is 188. The Hall–Kier alpha value is -0.340. The molecule has 14 heavy (non-hydrogen) atoms. The predicted octanol–water partition coefficient (Wildman–Crippen LogP) is 2.09. The van der Waals surface area contributed by atoms with Crippen LogP contribution in [0.3, 0.4) is 0 Å². The van der Waals surface area contributed by atoms with Gasteiger partial charge in [0, 0.05) is 25.1 Å². The number of aliphatic hydroxyl groups excluding tert-OH is 1. The van der Waals surface area contributed by atoms with Gasteiger partial charge in [-0.2, -0.15) is 0 Å². The van der Waals surface area contributed by atoms with E-state index >= 15 is 0 Å². The fourth-order valence-corrected chi connectivity index (χ4v) is 2.13. The van der Waals surface area contributed by atoms with Crippen molar-refractivity contribution >= 4 is 0 Å². The third-order valence-electron chi connectivity index (χ3n) is 3.15. The summed E-state index contributed by atoms with van der Waals surface area (Å²) in [5.41, 5.74) is 1.54. The zero-order chi connectivity index (χ0) is 10.4. The van der Waals surface area contributed by atoms with E-state index in [1.165, 1.54) is 31.3 Å². The minimum absolute atomic E-state index is 0.190. The van der Waals surface area contributed by atoms with Crippen molar-refractivity contribution in [2.45, 2.75) is 39.5 Å². The minimum Gasteiger partial charge on any atom is -0.396 e. The first-order valence-electron chi connectivity index (χ1n) is 5.63. The van der Waals surface area contributed by atoms with Gasteiger partial charge >= 0.3 is 0 Å². The largest absolute Gasteiger partial charge is 0.396 e. The Morgan fingerprint density at radius 2 is 2.00 bits per heavy atom. The highest BCUT2D eigenvalue weighted by molar-refractivity contribution is 4.95. The minimum atomic E-state index is 0.190. The molecule has 0 aromatic carbocycles. The lowest BCUT2D eigenvalue weighted by Gasteiger charge is -2.26. The van der Waals surface area contributed by atoms with Crippen molar-refractivity contribution in [1.29, 1.82) is 0 Å². The van der Waals surface area contributed by atoms with Crippen molar-refractivity contribution in [3.63, 3.8) is 0 Å². The normalized spacial score (nSPS) is 19.6. The maximum atomic E-state index is 9.37. The van der Waals surface area contributed by atoms with Gasteiger partial charge in [-0.05, 0) is 26.7 Å². The highest BCUT2D eigenvalue weighted by Crippen LogP contribution is 2.36. The van der Waals surface area contributed by atoms with Crippen molar-refractivity contribution in [2.24, 2.45) is 5.41 Å². The van der Waals surface area contributed by atoms with Gasteiger partial charge in [-0.3, -0.25) is 0 Å². The lowest BCUT2D eigenvalue weighted by atomic mass is 9.87. The van der Waals surface area contributed by atoms with Crippen molar-refractivity contribution in [3.05, 3.63) is 11.6 Å². The SMILES string of the molecule is CC(C)=CCNCC1(CO)CCCC1. The summed E-state index contributed by atoms with van der Waals surface area (Å²) in [7, 11) is 0. The first-order valence-corrected chi connectivity index (χ1v) is 5.63. The van der Waals surface area contributed by atoms with Crippen LogP contribution >= 0.6 is 0 Å². The fourth-order valence-electron chi connectivity index (χ4n) is 2.13. The highest BCUT2D eigenvalue weighted by atomic mass is 16.3. The molecule has 0 spiro atoms. The molecule has 1 aliphatic rings. The summed E-state index contributed by atoms with van der Waals surface area (Å²) >= 11 is 0. The molecular weight excluding hydrogens is 174 g/mol. The average molecular weight is 197 g/mol. The van der Waals surface area contributed by atoms with E-state index < -0.39 is 0 Å². The second-order valence-electron chi connectivity index (χ2n) is 4.78. The van der Waals surface area contributed by atoms with Crippen molar-refractivity contribution < 1.29 is 5.11 Å². The van der Waals surface area contributed by atoms with Crippen molar-refractivity contribution in [2.75, 3.05) is 19.7 Å². The van der Waals surface area contributed by atoms with Crippen molar-refractivity contribution in [1.82, 2.24) is 5.32 Å². The van der Waals surface area contributed by atoms with Gasteiger partial charge < -0.3 is 10.4 Å². The van der Waals surface area contributed by atoms with Gasteiger partial charge in [-0.25, -0.2) is 0 Å². The zero-order valence-corrected chi connectivity index (χ0v) is 9.47. The van der Waals surface area contributed by atoms with Crippen molar-refractivity contribution in [3.8, 4) is 0 Å². The number of rotatable bonds is 5. The van der Waals surface area contributed by atoms with Gasteiger partial charge in [0.05, 0.1) is 0 Å². The molecule has 0 radical (unpaired) electrons. The van der Waals surface area contributed by atoms with Crippen LogP contribution in [0.5, 0.6) is 0 Å². The van der Waals surface area contributed by atoms with E-state index in [-0.39, 0.29) is 5.41 Å². The molecule has 0 amide bonds. The van der Waals surface area contributed by atoms with Gasteiger partial charge in [0.25, 0.3) is 0 Å². The van der Waals surface area contributed by atoms with Crippen LogP contribution in [0, 0.1) is 5.41 Å². The highest BCUT2D eigenvalue weighted by Gasteiger charge is 2.32. The molecule has 0 bridgehead atoms. The summed E-state index contributed by atoms with van der Waals surface area (Å²) in [5.74, 6) is 0. The lowest BCUT2D eigenvalue weighted by molar-refractivity contribution is 0.129. The molecule has 2 N–H and O–H groups in total. The monoisotopic (exact) mass is 197 g/mol. The van der Waals surface area contributed by atoms with E-state index in [1.54, 1.807) is 0 Å². The molecule has 0 atom stereocenters. The third kappa shape index (κ3) is 3.43. The summed E-state index contributed by atoms with van der Waals surface area (Å²) in [5, 5.41) is 12.8. The molecule has 1 rings (SSSR count). The van der Waals surface area contributed by atoms with Crippen LogP contribution in [-0.4, -0.2) is 24.8 Å². The summed E-state index contributed by atoms with van der Waals surface area (Å²) in [4.78, 5) is 0. The van der Waals surface area contributed by atoms with Gasteiger partial charge in [-0.15, -0.1) is 0 Å². The summed E-state index contributed by atoms with van der Waals surface area (Å²) in [6.45, 7) is 6.46. The third-order valence-corrected chi connectivity index (χ3v) is 3.15. The molecule has 0 unspecified atom stereocenters. The van der Waals surface area contributed by atoms with Crippen LogP contribution in [0.1, 0.15) is 39.5 Å². The first kappa shape index (κ1) is 11.7. The average Bonchev–Trinajstić information content (AvgIpc) is 2.62. The Labute approximate surface area is 87.4 Å². The number of nitrogens with one attached hydrogen (secondary N) is 1. The molecule has 1 fully saturated rings. The molecule has 2 nitrogen and oxygen atoms in total. The molecular formula is C12H23NO. The van der Waals surface area contributed by atoms with E-state index in [0.29, 0.717) is 6.61 Å². The van der Waals surface area contributed by atoms with E-state index in [0.717, 1.165) is 13.1 Å². The topological polar surface area (TPSA) is 32.3 Å². The maximum absolute atomic E-state index is 9.37. The van der Waals surface area contributed by atoms with E-state index in [2.05, 4.69) is 25.2 Å². The summed E-state index contributed by atoms with van der Waals surface area (Å²) in [6.07, 6.45) is 7.13. The molecule has 0 saturated heterocycles. The fraction of sp³-hybridized carbons (Fsp3) is 0.833. The Morgan fingerprint density at radius 1 is 1.36 bits per heavy atom. The summed E-state index contributed by atoms with van der Waals surface area (Å²) in [6, 6.07) is 0. The van der Waals surface area contributed by atoms with Crippen LogP contribution in [0.4, 0.5) is 0 Å².